The Bertz CT molecular complexity index is 245. The van der Waals surface area contributed by atoms with Gasteiger partial charge in [0, 0.05) is 16.7 Å². The van der Waals surface area contributed by atoms with Gasteiger partial charge < -0.3 is 0 Å². The molecule has 3 nitrogen and oxygen atoms in total. The molecule has 0 spiro atoms. The van der Waals surface area contributed by atoms with E-state index in [-0.39, 0.29) is 6.04 Å². The molecule has 0 aromatic rings. The molecule has 1 aliphatic rings. The van der Waals surface area contributed by atoms with Gasteiger partial charge in [0.15, 0.2) is 0 Å². The highest BCUT2D eigenvalue weighted by molar-refractivity contribution is 8.12. The summed E-state index contributed by atoms with van der Waals surface area (Å²) in [5.41, 5.74) is 0. The zero-order valence-electron chi connectivity index (χ0n) is 7.79. The molecule has 1 aliphatic carbocycles. The minimum Gasteiger partial charge on any atom is -0.199 e. The normalized spacial score (nSPS) is 30.3. The van der Waals surface area contributed by atoms with E-state index in [9.17, 15) is 8.42 Å². The van der Waals surface area contributed by atoms with Crippen molar-refractivity contribution in [3.05, 3.63) is 0 Å². The zero-order valence-corrected chi connectivity index (χ0v) is 9.37. The first kappa shape index (κ1) is 11.3. The summed E-state index contributed by atoms with van der Waals surface area (Å²) in [7, 11) is 1.57. The Hall–Kier alpha value is 0.200. The van der Waals surface area contributed by atoms with Gasteiger partial charge in [-0.3, -0.25) is 0 Å². The predicted molar refractivity (Wildman–Crippen MR) is 53.9 cm³/mol. The molecule has 1 rings (SSSR count). The van der Waals surface area contributed by atoms with Gasteiger partial charge in [-0.1, -0.05) is 13.3 Å². The second-order valence-corrected chi connectivity index (χ2v) is 6.01. The van der Waals surface area contributed by atoms with Crippen LogP contribution in [0.1, 0.15) is 39.0 Å². The number of hydrogen-bond acceptors (Lipinski definition) is 2. The lowest BCUT2D eigenvalue weighted by Crippen LogP contribution is -2.35. The van der Waals surface area contributed by atoms with Crippen molar-refractivity contribution >= 4 is 19.9 Å². The molecule has 0 radical (unpaired) electrons. The van der Waals surface area contributed by atoms with Gasteiger partial charge in [0.25, 0.3) is 9.24 Å². The summed E-state index contributed by atoms with van der Waals surface area (Å²) in [6, 6.07) is 0.0605. The van der Waals surface area contributed by atoms with E-state index >= 15 is 0 Å². The Labute approximate surface area is 84.4 Å². The first-order chi connectivity index (χ1) is 6.01. The van der Waals surface area contributed by atoms with E-state index in [0.29, 0.717) is 0 Å². The summed E-state index contributed by atoms with van der Waals surface area (Å²) in [6.45, 7) is 2.18. The summed E-state index contributed by atoms with van der Waals surface area (Å²) in [5.74, 6) is 0.774. The van der Waals surface area contributed by atoms with Gasteiger partial charge in [-0.15, -0.1) is 0 Å². The number of hydrogen-bond donors (Lipinski definition) is 1. The van der Waals surface area contributed by atoms with Crippen molar-refractivity contribution in [2.45, 2.75) is 45.1 Å². The van der Waals surface area contributed by atoms with Crippen LogP contribution in [-0.2, 0) is 9.24 Å². The fourth-order valence-corrected chi connectivity index (χ4v) is 2.90. The molecule has 0 heterocycles. The quantitative estimate of drug-likeness (QED) is 0.748. The van der Waals surface area contributed by atoms with E-state index in [0.717, 1.165) is 31.6 Å². The molecular formula is C8H16ClNO2S. The van der Waals surface area contributed by atoms with Crippen LogP contribution >= 0.6 is 10.7 Å². The van der Waals surface area contributed by atoms with Crippen LogP contribution in [0.5, 0.6) is 0 Å². The monoisotopic (exact) mass is 225 g/mol. The van der Waals surface area contributed by atoms with Crippen LogP contribution in [0.3, 0.4) is 0 Å². The van der Waals surface area contributed by atoms with Crippen LogP contribution in [-0.4, -0.2) is 14.5 Å². The largest absolute Gasteiger partial charge is 0.297 e. The third-order valence-corrected chi connectivity index (χ3v) is 3.61. The average Bonchev–Trinajstić information content (AvgIpc) is 2.03. The van der Waals surface area contributed by atoms with Crippen molar-refractivity contribution in [1.82, 2.24) is 4.72 Å². The molecule has 5 heteroatoms. The summed E-state index contributed by atoms with van der Waals surface area (Å²) < 4.78 is 23.9. The molecule has 1 N–H and O–H groups in total. The van der Waals surface area contributed by atoms with Crippen molar-refractivity contribution in [1.29, 1.82) is 0 Å². The minimum atomic E-state index is -3.53. The van der Waals surface area contributed by atoms with E-state index in [2.05, 4.69) is 11.6 Å². The Kier molecular flexibility index (Phi) is 4.01. The maximum absolute atomic E-state index is 10.7. The average molecular weight is 226 g/mol. The first-order valence-corrected chi connectivity index (χ1v) is 7.04. The Balaban J connectivity index is 2.33. The van der Waals surface area contributed by atoms with Crippen LogP contribution in [0.15, 0.2) is 0 Å². The van der Waals surface area contributed by atoms with Gasteiger partial charge in [-0.25, -0.2) is 0 Å². The standard InChI is InChI=1S/C8H16ClNO2S/c1-2-7-3-5-8(6-4-7)10-13(9,11)12/h7-8,10H,2-6H2,1H3. The second kappa shape index (κ2) is 4.62. The van der Waals surface area contributed by atoms with Crippen molar-refractivity contribution < 1.29 is 8.42 Å². The molecule has 0 amide bonds. The molecule has 0 saturated heterocycles. The third-order valence-electron chi connectivity index (χ3n) is 2.73. The molecule has 0 aliphatic heterocycles. The highest BCUT2D eigenvalue weighted by atomic mass is 35.7. The van der Waals surface area contributed by atoms with Gasteiger partial charge in [0.2, 0.25) is 0 Å². The van der Waals surface area contributed by atoms with Crippen LogP contribution in [0.4, 0.5) is 0 Å². The van der Waals surface area contributed by atoms with E-state index in [4.69, 9.17) is 10.7 Å². The Morgan fingerprint density at radius 2 is 1.85 bits per heavy atom. The van der Waals surface area contributed by atoms with E-state index in [1.807, 2.05) is 0 Å². The minimum absolute atomic E-state index is 0.0605. The van der Waals surface area contributed by atoms with Crippen molar-refractivity contribution in [2.24, 2.45) is 5.92 Å². The molecule has 13 heavy (non-hydrogen) atoms. The predicted octanol–water partition coefficient (Wildman–Crippen LogP) is 2.03. The molecular weight excluding hydrogens is 210 g/mol. The number of nitrogens with one attached hydrogen (secondary N) is 1. The van der Waals surface area contributed by atoms with Gasteiger partial charge in [-0.05, 0) is 31.6 Å². The number of halogens is 1. The van der Waals surface area contributed by atoms with Crippen molar-refractivity contribution in [3.8, 4) is 0 Å². The summed E-state index contributed by atoms with van der Waals surface area (Å²) in [6.07, 6.45) is 5.26. The molecule has 0 unspecified atom stereocenters. The molecule has 0 atom stereocenters. The Morgan fingerprint density at radius 3 is 2.23 bits per heavy atom. The third kappa shape index (κ3) is 4.29. The summed E-state index contributed by atoms with van der Waals surface area (Å²) in [5, 5.41) is 0. The molecule has 0 aromatic heterocycles. The second-order valence-electron chi connectivity index (χ2n) is 3.68. The summed E-state index contributed by atoms with van der Waals surface area (Å²) in [4.78, 5) is 0. The van der Waals surface area contributed by atoms with E-state index in [1.54, 1.807) is 0 Å². The lowest BCUT2D eigenvalue weighted by atomic mass is 9.85. The number of rotatable bonds is 3. The molecule has 1 fully saturated rings. The van der Waals surface area contributed by atoms with Crippen molar-refractivity contribution in [3.63, 3.8) is 0 Å². The highest BCUT2D eigenvalue weighted by Crippen LogP contribution is 2.26. The van der Waals surface area contributed by atoms with Crippen molar-refractivity contribution in [2.75, 3.05) is 0 Å². The van der Waals surface area contributed by atoms with E-state index in [1.165, 1.54) is 6.42 Å². The fourth-order valence-electron chi connectivity index (χ4n) is 1.89. The molecule has 0 aromatic carbocycles. The van der Waals surface area contributed by atoms with Crippen LogP contribution in [0.2, 0.25) is 0 Å². The maximum Gasteiger partial charge on any atom is 0.297 e. The molecule has 0 bridgehead atoms. The zero-order chi connectivity index (χ0) is 9.90. The smallest absolute Gasteiger partial charge is 0.199 e. The highest BCUT2D eigenvalue weighted by Gasteiger charge is 2.22. The van der Waals surface area contributed by atoms with Gasteiger partial charge >= 0.3 is 0 Å². The lowest BCUT2D eigenvalue weighted by Gasteiger charge is -2.27. The molecule has 1 saturated carbocycles. The van der Waals surface area contributed by atoms with Crippen LogP contribution < -0.4 is 4.72 Å². The van der Waals surface area contributed by atoms with Crippen LogP contribution in [0, 0.1) is 5.92 Å². The maximum atomic E-state index is 10.7. The van der Waals surface area contributed by atoms with Gasteiger partial charge in [0.05, 0.1) is 0 Å². The van der Waals surface area contributed by atoms with Gasteiger partial charge in [0.1, 0.15) is 0 Å². The fraction of sp³-hybridized carbons (Fsp3) is 1.00. The van der Waals surface area contributed by atoms with E-state index < -0.39 is 9.24 Å². The topological polar surface area (TPSA) is 46.2 Å². The Morgan fingerprint density at radius 1 is 1.31 bits per heavy atom. The SMILES string of the molecule is CCC1CCC(NS(=O)(=O)Cl)CC1. The first-order valence-electron chi connectivity index (χ1n) is 4.73. The van der Waals surface area contributed by atoms with Crippen LogP contribution in [0.25, 0.3) is 0 Å². The molecule has 78 valence electrons. The van der Waals surface area contributed by atoms with Gasteiger partial charge in [-0.2, -0.15) is 13.1 Å². The summed E-state index contributed by atoms with van der Waals surface area (Å²) >= 11 is 0. The lowest BCUT2D eigenvalue weighted by molar-refractivity contribution is 0.307.